The highest BCUT2D eigenvalue weighted by Gasteiger charge is 2.08. The molecule has 0 fully saturated rings. The van der Waals surface area contributed by atoms with Gasteiger partial charge in [-0.15, -0.1) is 11.3 Å². The second-order valence-electron chi connectivity index (χ2n) is 6.52. The van der Waals surface area contributed by atoms with E-state index in [0.29, 0.717) is 11.7 Å². The SMILES string of the molecule is O=[N+]([O-])c1ccc(-c2csc(N/N=C/c3ccccc3OCc3ccccc3)n2)cc1. The minimum absolute atomic E-state index is 0.0510. The third-order valence-electron chi connectivity index (χ3n) is 4.40. The molecule has 0 amide bonds. The lowest BCUT2D eigenvalue weighted by molar-refractivity contribution is -0.384. The van der Waals surface area contributed by atoms with Crippen LogP contribution in [0.15, 0.2) is 89.3 Å². The summed E-state index contributed by atoms with van der Waals surface area (Å²) in [5.41, 5.74) is 6.45. The van der Waals surface area contributed by atoms with Gasteiger partial charge >= 0.3 is 0 Å². The Bertz CT molecular complexity index is 1190. The number of nitrogens with zero attached hydrogens (tertiary/aromatic N) is 3. The Morgan fingerprint density at radius 3 is 2.55 bits per heavy atom. The van der Waals surface area contributed by atoms with Crippen molar-refractivity contribution in [1.29, 1.82) is 0 Å². The van der Waals surface area contributed by atoms with Crippen LogP contribution in [0.2, 0.25) is 0 Å². The average molecular weight is 430 g/mol. The van der Waals surface area contributed by atoms with Gasteiger partial charge in [0.15, 0.2) is 0 Å². The van der Waals surface area contributed by atoms with E-state index in [9.17, 15) is 10.1 Å². The smallest absolute Gasteiger partial charge is 0.269 e. The van der Waals surface area contributed by atoms with Crippen molar-refractivity contribution in [2.75, 3.05) is 5.43 Å². The molecule has 154 valence electrons. The number of thiazole rings is 1. The number of nitro groups is 1. The summed E-state index contributed by atoms with van der Waals surface area (Å²) in [7, 11) is 0. The zero-order valence-corrected chi connectivity index (χ0v) is 17.2. The maximum atomic E-state index is 10.8. The summed E-state index contributed by atoms with van der Waals surface area (Å²) in [4.78, 5) is 14.8. The van der Waals surface area contributed by atoms with Crippen molar-refractivity contribution in [1.82, 2.24) is 4.98 Å². The van der Waals surface area contributed by atoms with Crippen LogP contribution in [-0.4, -0.2) is 16.1 Å². The van der Waals surface area contributed by atoms with Gasteiger partial charge in [0.1, 0.15) is 12.4 Å². The van der Waals surface area contributed by atoms with E-state index in [1.165, 1.54) is 23.5 Å². The van der Waals surface area contributed by atoms with Gasteiger partial charge in [-0.05, 0) is 29.8 Å². The van der Waals surface area contributed by atoms with Crippen LogP contribution < -0.4 is 10.2 Å². The Morgan fingerprint density at radius 2 is 1.77 bits per heavy atom. The molecule has 0 saturated carbocycles. The molecule has 0 spiro atoms. The third-order valence-corrected chi connectivity index (χ3v) is 5.15. The lowest BCUT2D eigenvalue weighted by atomic mass is 10.1. The zero-order chi connectivity index (χ0) is 21.5. The topological polar surface area (TPSA) is 89.7 Å². The Balaban J connectivity index is 1.40. The third kappa shape index (κ3) is 5.31. The van der Waals surface area contributed by atoms with Gasteiger partial charge in [0.25, 0.3) is 5.69 Å². The van der Waals surface area contributed by atoms with Gasteiger partial charge < -0.3 is 4.74 Å². The lowest BCUT2D eigenvalue weighted by Crippen LogP contribution is -1.99. The predicted octanol–water partition coefficient (Wildman–Crippen LogP) is 5.74. The van der Waals surface area contributed by atoms with E-state index < -0.39 is 4.92 Å². The maximum Gasteiger partial charge on any atom is 0.269 e. The lowest BCUT2D eigenvalue weighted by Gasteiger charge is -2.08. The largest absolute Gasteiger partial charge is 0.488 e. The molecule has 1 heterocycles. The molecule has 4 aromatic rings. The van der Waals surface area contributed by atoms with Gasteiger partial charge in [-0.2, -0.15) is 5.10 Å². The van der Waals surface area contributed by atoms with Crippen molar-refractivity contribution >= 4 is 28.4 Å². The molecule has 1 aromatic heterocycles. The first-order chi connectivity index (χ1) is 15.2. The van der Waals surface area contributed by atoms with Crippen LogP contribution in [-0.2, 0) is 6.61 Å². The second-order valence-corrected chi connectivity index (χ2v) is 7.38. The molecule has 4 rings (SSSR count). The van der Waals surface area contributed by atoms with E-state index in [4.69, 9.17) is 4.74 Å². The van der Waals surface area contributed by atoms with Crippen LogP contribution in [0.4, 0.5) is 10.8 Å². The number of aromatic nitrogens is 1. The highest BCUT2D eigenvalue weighted by atomic mass is 32.1. The predicted molar refractivity (Wildman–Crippen MR) is 123 cm³/mol. The maximum absolute atomic E-state index is 10.8. The average Bonchev–Trinajstić information content (AvgIpc) is 3.28. The van der Waals surface area contributed by atoms with Gasteiger partial charge in [0.05, 0.1) is 16.8 Å². The summed E-state index contributed by atoms with van der Waals surface area (Å²) in [5.74, 6) is 0.739. The monoisotopic (exact) mass is 430 g/mol. The normalized spacial score (nSPS) is 10.8. The zero-order valence-electron chi connectivity index (χ0n) is 16.3. The first-order valence-electron chi connectivity index (χ1n) is 9.44. The van der Waals surface area contributed by atoms with Crippen molar-refractivity contribution in [3.8, 4) is 17.0 Å². The molecule has 3 aromatic carbocycles. The fraction of sp³-hybridized carbons (Fsp3) is 0.0435. The molecule has 8 heteroatoms. The van der Waals surface area contributed by atoms with Gasteiger partial charge in [-0.1, -0.05) is 42.5 Å². The Hall–Kier alpha value is -4.04. The first kappa shape index (κ1) is 20.2. The summed E-state index contributed by atoms with van der Waals surface area (Å²) in [6, 6.07) is 23.9. The number of para-hydroxylation sites is 1. The number of nitro benzene ring substituents is 1. The number of hydrogen-bond acceptors (Lipinski definition) is 7. The first-order valence-corrected chi connectivity index (χ1v) is 10.3. The van der Waals surface area contributed by atoms with E-state index in [1.807, 2.05) is 60.0 Å². The molecule has 1 N–H and O–H groups in total. The standard InChI is InChI=1S/C23H18N4O3S/c28-27(29)20-12-10-18(11-13-20)21-16-31-23(25-21)26-24-14-19-8-4-5-9-22(19)30-15-17-6-2-1-3-7-17/h1-14,16H,15H2,(H,25,26)/b24-14+. The van der Waals surface area contributed by atoms with Crippen molar-refractivity contribution in [3.05, 3.63) is 105 Å². The van der Waals surface area contributed by atoms with Crippen molar-refractivity contribution in [3.63, 3.8) is 0 Å². The van der Waals surface area contributed by atoms with Crippen molar-refractivity contribution in [2.24, 2.45) is 5.10 Å². The number of ether oxygens (including phenoxy) is 1. The molecule has 0 saturated heterocycles. The van der Waals surface area contributed by atoms with Crippen molar-refractivity contribution in [2.45, 2.75) is 6.61 Å². The summed E-state index contributed by atoms with van der Waals surface area (Å²) in [6.45, 7) is 0.476. The molecule has 7 nitrogen and oxygen atoms in total. The Labute approximate surface area is 182 Å². The molecule has 0 aliphatic heterocycles. The minimum atomic E-state index is -0.423. The summed E-state index contributed by atoms with van der Waals surface area (Å²) in [6.07, 6.45) is 1.69. The minimum Gasteiger partial charge on any atom is -0.488 e. The van der Waals surface area contributed by atoms with Gasteiger partial charge in [-0.3, -0.25) is 15.5 Å². The van der Waals surface area contributed by atoms with Crippen molar-refractivity contribution < 1.29 is 9.66 Å². The van der Waals surface area contributed by atoms with E-state index in [0.717, 1.165) is 28.1 Å². The molecule has 0 aliphatic rings. The van der Waals surface area contributed by atoms with Crippen LogP contribution in [0.25, 0.3) is 11.3 Å². The molecule has 0 aliphatic carbocycles. The van der Waals surface area contributed by atoms with Crippen LogP contribution in [0.1, 0.15) is 11.1 Å². The van der Waals surface area contributed by atoms with E-state index in [2.05, 4.69) is 15.5 Å². The highest BCUT2D eigenvalue weighted by Crippen LogP contribution is 2.26. The number of anilines is 1. The molecule has 0 bridgehead atoms. The highest BCUT2D eigenvalue weighted by molar-refractivity contribution is 7.14. The summed E-state index contributed by atoms with van der Waals surface area (Å²) >= 11 is 1.40. The second kappa shape index (κ2) is 9.64. The molecular formula is C23H18N4O3S. The summed E-state index contributed by atoms with van der Waals surface area (Å²) in [5, 5.41) is 17.5. The van der Waals surface area contributed by atoms with Gasteiger partial charge in [-0.25, -0.2) is 4.98 Å². The fourth-order valence-corrected chi connectivity index (χ4v) is 3.49. The number of hydrazone groups is 1. The number of non-ortho nitro benzene ring substituents is 1. The molecule has 31 heavy (non-hydrogen) atoms. The molecule has 0 unspecified atom stereocenters. The van der Waals surface area contributed by atoms with Gasteiger partial charge in [0, 0.05) is 28.6 Å². The Kier molecular flexibility index (Phi) is 6.29. The number of benzene rings is 3. The molecular weight excluding hydrogens is 412 g/mol. The number of rotatable bonds is 8. The quantitative estimate of drug-likeness (QED) is 0.219. The van der Waals surface area contributed by atoms with E-state index in [-0.39, 0.29) is 5.69 Å². The van der Waals surface area contributed by atoms with Crippen LogP contribution >= 0.6 is 11.3 Å². The van der Waals surface area contributed by atoms with Crippen LogP contribution in [0.5, 0.6) is 5.75 Å². The van der Waals surface area contributed by atoms with Gasteiger partial charge in [0.2, 0.25) is 5.13 Å². The number of nitrogens with one attached hydrogen (secondary N) is 1. The Morgan fingerprint density at radius 1 is 1.03 bits per heavy atom. The number of hydrogen-bond donors (Lipinski definition) is 1. The summed E-state index contributed by atoms with van der Waals surface area (Å²) < 4.78 is 5.93. The van der Waals surface area contributed by atoms with Crippen LogP contribution in [0.3, 0.4) is 0 Å². The fourth-order valence-electron chi connectivity index (χ4n) is 2.82. The van der Waals surface area contributed by atoms with E-state index in [1.54, 1.807) is 18.3 Å². The van der Waals surface area contributed by atoms with E-state index >= 15 is 0 Å². The molecule has 0 radical (unpaired) electrons. The van der Waals surface area contributed by atoms with Crippen LogP contribution in [0, 0.1) is 10.1 Å². The molecule has 0 atom stereocenters.